The number of benzene rings is 1. The average Bonchev–Trinajstić information content (AvgIpc) is 2.72. The third-order valence-electron chi connectivity index (χ3n) is 6.16. The molecule has 1 saturated heterocycles. The molecule has 0 aromatic heterocycles. The van der Waals surface area contributed by atoms with Gasteiger partial charge in [-0.05, 0) is 63.2 Å². The maximum Gasteiger partial charge on any atom is 0.306 e. The standard InChI is InChI=1S/C22H28N2O4S2/c1-30(27,28)17-7-8-21-19(15-17)24(18-5-2-3-6-20(18)29-21)12-4-11-23-13-9-16(10-14-23)22(25)26/h2-3,5-8,15-16,19,21H,4,9-14H2,1H3,(H,25,26). The normalized spacial score (nSPS) is 24.8. The quantitative estimate of drug-likeness (QED) is 0.717. The molecule has 6 nitrogen and oxygen atoms in total. The number of carboxylic acids is 1. The van der Waals surface area contributed by atoms with Crippen LogP contribution in [0.5, 0.6) is 0 Å². The lowest BCUT2D eigenvalue weighted by atomic mass is 9.97. The predicted molar refractivity (Wildman–Crippen MR) is 121 cm³/mol. The zero-order valence-electron chi connectivity index (χ0n) is 17.1. The fourth-order valence-corrected chi connectivity index (χ4v) is 6.48. The highest BCUT2D eigenvalue weighted by Gasteiger charge is 2.35. The highest BCUT2D eigenvalue weighted by atomic mass is 32.2. The number of sulfone groups is 1. The highest BCUT2D eigenvalue weighted by molar-refractivity contribution is 8.00. The second-order valence-corrected chi connectivity index (χ2v) is 11.5. The Labute approximate surface area is 182 Å². The maximum atomic E-state index is 12.1. The smallest absolute Gasteiger partial charge is 0.306 e. The number of anilines is 1. The molecule has 2 atom stereocenters. The Morgan fingerprint density at radius 1 is 1.20 bits per heavy atom. The minimum Gasteiger partial charge on any atom is -0.481 e. The summed E-state index contributed by atoms with van der Waals surface area (Å²) in [7, 11) is -3.24. The van der Waals surface area contributed by atoms with Gasteiger partial charge in [0, 0.05) is 17.7 Å². The molecule has 4 rings (SSSR count). The van der Waals surface area contributed by atoms with Crippen LogP contribution in [0.15, 0.2) is 52.3 Å². The van der Waals surface area contributed by atoms with Crippen LogP contribution in [-0.4, -0.2) is 68.1 Å². The van der Waals surface area contributed by atoms with Gasteiger partial charge in [0.2, 0.25) is 0 Å². The van der Waals surface area contributed by atoms with Crippen molar-refractivity contribution in [2.45, 2.75) is 35.4 Å². The molecule has 1 aromatic rings. The van der Waals surface area contributed by atoms with Crippen LogP contribution in [0.1, 0.15) is 19.3 Å². The van der Waals surface area contributed by atoms with Crippen molar-refractivity contribution in [1.29, 1.82) is 0 Å². The number of piperidine rings is 1. The van der Waals surface area contributed by atoms with Crippen LogP contribution in [0.4, 0.5) is 5.69 Å². The van der Waals surface area contributed by atoms with Crippen LogP contribution in [0, 0.1) is 5.92 Å². The molecular formula is C22H28N2O4S2. The Morgan fingerprint density at radius 2 is 1.93 bits per heavy atom. The summed E-state index contributed by atoms with van der Waals surface area (Å²) in [6.07, 6.45) is 9.31. The molecule has 1 fully saturated rings. The van der Waals surface area contributed by atoms with Crippen LogP contribution in [-0.2, 0) is 14.6 Å². The number of allylic oxidation sites excluding steroid dienone is 1. The molecule has 0 amide bonds. The number of hydrogen-bond donors (Lipinski definition) is 1. The van der Waals surface area contributed by atoms with Crippen molar-refractivity contribution in [2.75, 3.05) is 37.3 Å². The molecule has 0 bridgehead atoms. The molecule has 3 aliphatic rings. The number of hydrogen-bond acceptors (Lipinski definition) is 6. The third kappa shape index (κ3) is 4.60. The number of para-hydroxylation sites is 1. The van der Waals surface area contributed by atoms with Gasteiger partial charge >= 0.3 is 5.97 Å². The van der Waals surface area contributed by atoms with Crippen LogP contribution in [0.2, 0.25) is 0 Å². The van der Waals surface area contributed by atoms with Gasteiger partial charge in [0.15, 0.2) is 9.84 Å². The van der Waals surface area contributed by atoms with Crippen molar-refractivity contribution in [3.63, 3.8) is 0 Å². The Morgan fingerprint density at radius 3 is 2.63 bits per heavy atom. The summed E-state index contributed by atoms with van der Waals surface area (Å²) < 4.78 is 24.2. The van der Waals surface area contributed by atoms with Gasteiger partial charge in [-0.1, -0.05) is 18.2 Å². The molecule has 162 valence electrons. The van der Waals surface area contributed by atoms with E-state index in [2.05, 4.69) is 21.9 Å². The van der Waals surface area contributed by atoms with E-state index < -0.39 is 15.8 Å². The Hall–Kier alpha value is -1.77. The summed E-state index contributed by atoms with van der Waals surface area (Å²) >= 11 is 1.79. The fraction of sp³-hybridized carbons (Fsp3) is 0.500. The third-order valence-corrected chi connectivity index (χ3v) is 8.59. The molecule has 0 saturated carbocycles. The topological polar surface area (TPSA) is 77.9 Å². The molecule has 0 spiro atoms. The van der Waals surface area contributed by atoms with E-state index in [4.69, 9.17) is 0 Å². The number of aliphatic carboxylic acids is 1. The summed E-state index contributed by atoms with van der Waals surface area (Å²) in [5.41, 5.74) is 1.16. The molecule has 1 aromatic carbocycles. The van der Waals surface area contributed by atoms with Crippen LogP contribution in [0.25, 0.3) is 0 Å². The molecule has 30 heavy (non-hydrogen) atoms. The van der Waals surface area contributed by atoms with Crippen molar-refractivity contribution >= 4 is 33.3 Å². The number of nitrogens with zero attached hydrogens (tertiary/aromatic N) is 2. The fourth-order valence-electron chi connectivity index (χ4n) is 4.48. The van der Waals surface area contributed by atoms with E-state index in [1.54, 1.807) is 17.8 Å². The zero-order chi connectivity index (χ0) is 21.3. The van der Waals surface area contributed by atoms with Gasteiger partial charge in [0.25, 0.3) is 0 Å². The van der Waals surface area contributed by atoms with Crippen molar-refractivity contribution in [1.82, 2.24) is 4.90 Å². The summed E-state index contributed by atoms with van der Waals surface area (Å²) in [6.45, 7) is 3.42. The molecule has 8 heteroatoms. The van der Waals surface area contributed by atoms with E-state index in [1.807, 2.05) is 24.3 Å². The summed E-state index contributed by atoms with van der Waals surface area (Å²) in [5, 5.41) is 9.36. The average molecular weight is 449 g/mol. The number of rotatable bonds is 6. The highest BCUT2D eigenvalue weighted by Crippen LogP contribution is 2.44. The van der Waals surface area contributed by atoms with Crippen molar-refractivity contribution in [3.8, 4) is 0 Å². The van der Waals surface area contributed by atoms with E-state index in [1.165, 1.54) is 11.2 Å². The van der Waals surface area contributed by atoms with Gasteiger partial charge in [-0.25, -0.2) is 8.42 Å². The van der Waals surface area contributed by atoms with Crippen molar-refractivity contribution < 1.29 is 18.3 Å². The lowest BCUT2D eigenvalue weighted by Gasteiger charge is -2.43. The number of likely N-dealkylation sites (tertiary alicyclic amines) is 1. The number of carbonyl (C=O) groups is 1. The van der Waals surface area contributed by atoms with Gasteiger partial charge in [0.05, 0.1) is 27.8 Å². The second kappa shape index (κ2) is 8.77. The molecule has 0 radical (unpaired) electrons. The number of carboxylic acid groups (broad SMARTS) is 1. The molecule has 2 unspecified atom stereocenters. The molecule has 1 aliphatic carbocycles. The SMILES string of the molecule is CS(=O)(=O)C1=CC2C(C=C1)Sc1ccccc1N2CCCN1CCC(C(=O)O)CC1. The van der Waals surface area contributed by atoms with Gasteiger partial charge in [-0.2, -0.15) is 0 Å². The lowest BCUT2D eigenvalue weighted by molar-refractivity contribution is -0.143. The molecule has 2 aliphatic heterocycles. The Balaban J connectivity index is 1.46. The largest absolute Gasteiger partial charge is 0.481 e. The summed E-state index contributed by atoms with van der Waals surface area (Å²) in [6, 6.07) is 8.33. The first kappa shape index (κ1) is 21.5. The van der Waals surface area contributed by atoms with Gasteiger partial charge in [0.1, 0.15) is 0 Å². The maximum absolute atomic E-state index is 12.1. The number of thioether (sulfide) groups is 1. The first-order valence-electron chi connectivity index (χ1n) is 10.4. The minimum atomic E-state index is -3.24. The number of fused-ring (bicyclic) bond motifs is 2. The first-order valence-corrected chi connectivity index (χ1v) is 13.2. The zero-order valence-corrected chi connectivity index (χ0v) is 18.7. The van der Waals surface area contributed by atoms with E-state index in [9.17, 15) is 18.3 Å². The van der Waals surface area contributed by atoms with E-state index in [-0.39, 0.29) is 17.2 Å². The lowest BCUT2D eigenvalue weighted by Crippen LogP contribution is -2.46. The van der Waals surface area contributed by atoms with E-state index in [0.29, 0.717) is 17.7 Å². The summed E-state index contributed by atoms with van der Waals surface area (Å²) in [4.78, 5) is 17.5. The van der Waals surface area contributed by atoms with E-state index >= 15 is 0 Å². The van der Waals surface area contributed by atoms with Crippen molar-refractivity contribution in [2.24, 2.45) is 5.92 Å². The first-order chi connectivity index (χ1) is 14.3. The van der Waals surface area contributed by atoms with Crippen molar-refractivity contribution in [3.05, 3.63) is 47.4 Å². The Bertz CT molecular complexity index is 965. The van der Waals surface area contributed by atoms with Gasteiger partial charge in [-0.15, -0.1) is 11.8 Å². The Kier molecular flexibility index (Phi) is 6.27. The van der Waals surface area contributed by atoms with Gasteiger partial charge in [-0.3, -0.25) is 4.79 Å². The second-order valence-electron chi connectivity index (χ2n) is 8.24. The van der Waals surface area contributed by atoms with Crippen LogP contribution < -0.4 is 4.90 Å². The van der Waals surface area contributed by atoms with Crippen LogP contribution in [0.3, 0.4) is 0 Å². The van der Waals surface area contributed by atoms with Gasteiger partial charge < -0.3 is 14.9 Å². The molecular weight excluding hydrogens is 420 g/mol. The minimum absolute atomic E-state index is 0.0115. The summed E-state index contributed by atoms with van der Waals surface area (Å²) in [5.74, 6) is -0.886. The van der Waals surface area contributed by atoms with Crippen LogP contribution >= 0.6 is 11.8 Å². The monoisotopic (exact) mass is 448 g/mol. The predicted octanol–water partition coefficient (Wildman–Crippen LogP) is 3.02. The van der Waals surface area contributed by atoms with E-state index in [0.717, 1.165) is 38.3 Å². The molecule has 1 N–H and O–H groups in total. The molecule has 2 heterocycles.